The number of ether oxygens (including phenoxy) is 1. The molecule has 30 heavy (non-hydrogen) atoms. The summed E-state index contributed by atoms with van der Waals surface area (Å²) in [5, 5.41) is 30.7. The molecule has 0 spiro atoms. The lowest BCUT2D eigenvalue weighted by Gasteiger charge is -2.43. The van der Waals surface area contributed by atoms with E-state index in [1.807, 2.05) is 13.8 Å². The first-order valence-electron chi connectivity index (χ1n) is 11.3. The first-order chi connectivity index (χ1) is 14.1. The third-order valence-corrected chi connectivity index (χ3v) is 6.66. The maximum absolute atomic E-state index is 12.5. The second-order valence-electron chi connectivity index (χ2n) is 9.27. The summed E-state index contributed by atoms with van der Waals surface area (Å²) in [4.78, 5) is 23.1. The molecule has 170 valence electrons. The molecule has 0 heterocycles. The monoisotopic (exact) mass is 421 g/mol. The van der Waals surface area contributed by atoms with Gasteiger partial charge in [-0.1, -0.05) is 45.9 Å². The Bertz CT molecular complexity index is 654. The molecular weight excluding hydrogens is 384 g/mol. The van der Waals surface area contributed by atoms with Gasteiger partial charge in [-0.05, 0) is 55.4 Å². The van der Waals surface area contributed by atoms with Gasteiger partial charge in [0.15, 0.2) is 0 Å². The minimum Gasteiger partial charge on any atom is -0.550 e. The number of hydrogen-bond acceptors (Lipinski definition) is 6. The molecular formula is C24H37O6-. The van der Waals surface area contributed by atoms with Crippen LogP contribution in [0.3, 0.4) is 0 Å². The Balaban J connectivity index is 2.09. The molecule has 0 aromatic carbocycles. The van der Waals surface area contributed by atoms with E-state index in [-0.39, 0.29) is 42.2 Å². The van der Waals surface area contributed by atoms with E-state index in [1.165, 1.54) is 5.57 Å². The molecule has 0 saturated carbocycles. The van der Waals surface area contributed by atoms with Crippen LogP contribution in [0.4, 0.5) is 0 Å². The molecule has 0 aromatic heterocycles. The van der Waals surface area contributed by atoms with E-state index in [4.69, 9.17) is 4.74 Å². The van der Waals surface area contributed by atoms with Crippen molar-refractivity contribution in [2.24, 2.45) is 29.6 Å². The number of hydrogen-bond donors (Lipinski definition) is 2. The van der Waals surface area contributed by atoms with Crippen LogP contribution in [0, 0.1) is 29.6 Å². The number of carboxylic acid groups (broad SMARTS) is 1. The number of carbonyl (C=O) groups is 2. The van der Waals surface area contributed by atoms with E-state index in [0.29, 0.717) is 18.8 Å². The van der Waals surface area contributed by atoms with Crippen molar-refractivity contribution in [3.63, 3.8) is 0 Å². The summed E-state index contributed by atoms with van der Waals surface area (Å²) in [6, 6.07) is 0. The average molecular weight is 422 g/mol. The van der Waals surface area contributed by atoms with Crippen molar-refractivity contribution >= 4 is 11.9 Å². The summed E-state index contributed by atoms with van der Waals surface area (Å²) in [7, 11) is 0. The normalized spacial score (nSPS) is 31.3. The predicted molar refractivity (Wildman–Crippen MR) is 112 cm³/mol. The molecule has 2 N–H and O–H groups in total. The van der Waals surface area contributed by atoms with Crippen molar-refractivity contribution in [1.82, 2.24) is 0 Å². The third-order valence-electron chi connectivity index (χ3n) is 6.66. The quantitative estimate of drug-likeness (QED) is 0.525. The second-order valence-corrected chi connectivity index (χ2v) is 9.27. The number of esters is 1. The van der Waals surface area contributed by atoms with Crippen LogP contribution in [0.15, 0.2) is 23.8 Å². The van der Waals surface area contributed by atoms with Crippen LogP contribution in [0.1, 0.15) is 66.2 Å². The highest BCUT2D eigenvalue weighted by atomic mass is 16.5. The highest BCUT2D eigenvalue weighted by Gasteiger charge is 2.41. The Hall–Kier alpha value is -1.66. The van der Waals surface area contributed by atoms with Gasteiger partial charge in [0.2, 0.25) is 0 Å². The average Bonchev–Trinajstić information content (AvgIpc) is 2.65. The number of rotatable bonds is 10. The summed E-state index contributed by atoms with van der Waals surface area (Å²) in [6.07, 6.45) is 6.75. The summed E-state index contributed by atoms with van der Waals surface area (Å²) < 4.78 is 5.99. The molecule has 0 bridgehead atoms. The molecule has 2 aliphatic rings. The highest BCUT2D eigenvalue weighted by molar-refractivity contribution is 5.72. The standard InChI is InChI=1S/C24H38O6/c1-5-15(3)24(29)30-21-11-14(2)10-17-7-6-16(4)20(23(17)21)9-8-18(25)12-19(26)13-22(27)28/h6-7,10,14-16,18-21,23,25-26H,5,8-9,11-13H2,1-4H3,(H,27,28)/p-1/t14-,15-,16-,18?,19-,20-,21-,23-/m0/s1. The minimum absolute atomic E-state index is 0.0156. The topological polar surface area (TPSA) is 107 Å². The van der Waals surface area contributed by atoms with Gasteiger partial charge in [-0.15, -0.1) is 0 Å². The molecule has 6 nitrogen and oxygen atoms in total. The zero-order chi connectivity index (χ0) is 22.4. The zero-order valence-electron chi connectivity index (χ0n) is 18.6. The Kier molecular flexibility index (Phi) is 9.10. The molecule has 1 unspecified atom stereocenters. The number of fused-ring (bicyclic) bond motifs is 1. The van der Waals surface area contributed by atoms with Crippen LogP contribution in [0.2, 0.25) is 0 Å². The number of allylic oxidation sites excluding steroid dienone is 3. The van der Waals surface area contributed by atoms with Gasteiger partial charge in [0.05, 0.1) is 18.1 Å². The van der Waals surface area contributed by atoms with Crippen LogP contribution in [-0.2, 0) is 14.3 Å². The van der Waals surface area contributed by atoms with Gasteiger partial charge in [-0.25, -0.2) is 0 Å². The first-order valence-corrected chi connectivity index (χ1v) is 11.3. The van der Waals surface area contributed by atoms with Gasteiger partial charge < -0.3 is 24.9 Å². The maximum Gasteiger partial charge on any atom is 0.308 e. The third kappa shape index (κ3) is 6.67. The molecule has 0 radical (unpaired) electrons. The SMILES string of the molecule is CC[C@H](C)C(=O)O[C@H]1C[C@@H](C)C=C2C=C[C@H](C)[C@H](CCC(O)C[C@H](O)CC(=O)[O-])[C@H]21. The molecule has 0 saturated heterocycles. The largest absolute Gasteiger partial charge is 0.550 e. The summed E-state index contributed by atoms with van der Waals surface area (Å²) >= 11 is 0. The smallest absolute Gasteiger partial charge is 0.308 e. The zero-order valence-corrected chi connectivity index (χ0v) is 18.6. The molecule has 2 rings (SSSR count). The van der Waals surface area contributed by atoms with Gasteiger partial charge in [-0.3, -0.25) is 4.79 Å². The van der Waals surface area contributed by atoms with Crippen LogP contribution in [-0.4, -0.2) is 40.5 Å². The molecule has 0 aromatic rings. The van der Waals surface area contributed by atoms with E-state index in [0.717, 1.165) is 12.8 Å². The van der Waals surface area contributed by atoms with Crippen molar-refractivity contribution in [3.05, 3.63) is 23.8 Å². The maximum atomic E-state index is 12.5. The van der Waals surface area contributed by atoms with Crippen LogP contribution >= 0.6 is 0 Å². The number of aliphatic hydroxyl groups excluding tert-OH is 2. The van der Waals surface area contributed by atoms with Crippen LogP contribution in [0.5, 0.6) is 0 Å². The summed E-state index contributed by atoms with van der Waals surface area (Å²) in [5.41, 5.74) is 1.20. The number of aliphatic hydroxyl groups is 2. The van der Waals surface area contributed by atoms with Gasteiger partial charge in [0, 0.05) is 18.3 Å². The molecule has 6 heteroatoms. The molecule has 2 aliphatic carbocycles. The number of carbonyl (C=O) groups excluding carboxylic acids is 2. The van der Waals surface area contributed by atoms with Crippen molar-refractivity contribution in [3.8, 4) is 0 Å². The van der Waals surface area contributed by atoms with Crippen molar-refractivity contribution in [2.45, 2.75) is 84.5 Å². The summed E-state index contributed by atoms with van der Waals surface area (Å²) in [6.45, 7) is 8.14. The van der Waals surface area contributed by atoms with Crippen molar-refractivity contribution in [1.29, 1.82) is 0 Å². The first kappa shape index (κ1) is 24.6. The summed E-state index contributed by atoms with van der Waals surface area (Å²) in [5.74, 6) is -0.705. The Morgan fingerprint density at radius 3 is 2.60 bits per heavy atom. The van der Waals surface area contributed by atoms with E-state index < -0.39 is 24.6 Å². The molecule has 0 amide bonds. The Morgan fingerprint density at radius 2 is 1.97 bits per heavy atom. The van der Waals surface area contributed by atoms with E-state index in [9.17, 15) is 24.9 Å². The lowest BCUT2D eigenvalue weighted by Crippen LogP contribution is -2.41. The molecule has 8 atom stereocenters. The lowest BCUT2D eigenvalue weighted by atomic mass is 9.65. The predicted octanol–water partition coefficient (Wildman–Crippen LogP) is 2.38. The van der Waals surface area contributed by atoms with Crippen LogP contribution < -0.4 is 5.11 Å². The number of carboxylic acids is 1. The van der Waals surface area contributed by atoms with E-state index >= 15 is 0 Å². The van der Waals surface area contributed by atoms with Gasteiger partial charge >= 0.3 is 5.97 Å². The minimum atomic E-state index is -1.32. The molecule has 0 fully saturated rings. The van der Waals surface area contributed by atoms with Gasteiger partial charge in [0.1, 0.15) is 6.10 Å². The van der Waals surface area contributed by atoms with E-state index in [1.54, 1.807) is 0 Å². The van der Waals surface area contributed by atoms with Crippen LogP contribution in [0.25, 0.3) is 0 Å². The fourth-order valence-corrected chi connectivity index (χ4v) is 4.75. The lowest BCUT2D eigenvalue weighted by molar-refractivity contribution is -0.307. The van der Waals surface area contributed by atoms with Crippen molar-refractivity contribution < 1.29 is 29.6 Å². The fourth-order valence-electron chi connectivity index (χ4n) is 4.75. The van der Waals surface area contributed by atoms with Gasteiger partial charge in [0.25, 0.3) is 0 Å². The molecule has 0 aliphatic heterocycles. The second kappa shape index (κ2) is 11.1. The van der Waals surface area contributed by atoms with Gasteiger partial charge in [-0.2, -0.15) is 0 Å². The highest BCUT2D eigenvalue weighted by Crippen LogP contribution is 2.45. The Labute approximate surface area is 180 Å². The van der Waals surface area contributed by atoms with E-state index in [2.05, 4.69) is 32.1 Å². The Morgan fingerprint density at radius 1 is 1.27 bits per heavy atom. The fraction of sp³-hybridized carbons (Fsp3) is 0.750. The number of aliphatic carboxylic acids is 1. The van der Waals surface area contributed by atoms with Crippen molar-refractivity contribution in [2.75, 3.05) is 0 Å².